The monoisotopic (exact) mass is 346 g/mol. The van der Waals surface area contributed by atoms with Crippen molar-refractivity contribution in [1.82, 2.24) is 9.88 Å². The number of morpholine rings is 1. The summed E-state index contributed by atoms with van der Waals surface area (Å²) in [5.74, 6) is 0.581. The van der Waals surface area contributed by atoms with Crippen LogP contribution < -0.4 is 10.6 Å². The zero-order valence-corrected chi connectivity index (χ0v) is 14.6. The molecule has 0 bridgehead atoms. The number of nitrogens with zero attached hydrogens (tertiary/aromatic N) is 3. The Labute approximate surface area is 145 Å². The Morgan fingerprint density at radius 1 is 1.33 bits per heavy atom. The third kappa shape index (κ3) is 2.87. The minimum Gasteiger partial charge on any atom is -0.372 e. The van der Waals surface area contributed by atoms with Crippen molar-refractivity contribution in [1.29, 1.82) is 0 Å². The summed E-state index contributed by atoms with van der Waals surface area (Å²) in [7, 11) is 2.17. The fourth-order valence-corrected chi connectivity index (χ4v) is 4.56. The van der Waals surface area contributed by atoms with Crippen molar-refractivity contribution in [3.63, 3.8) is 0 Å². The zero-order valence-electron chi connectivity index (χ0n) is 13.8. The highest BCUT2D eigenvalue weighted by molar-refractivity contribution is 7.20. The molecule has 128 valence electrons. The number of rotatable bonds is 2. The quantitative estimate of drug-likeness (QED) is 0.896. The van der Waals surface area contributed by atoms with Crippen LogP contribution in [-0.4, -0.2) is 61.2 Å². The first kappa shape index (κ1) is 15.8. The molecule has 0 unspecified atom stereocenters. The van der Waals surface area contributed by atoms with Crippen molar-refractivity contribution in [2.45, 2.75) is 18.4 Å². The highest BCUT2D eigenvalue weighted by atomic mass is 32.1. The number of pyridine rings is 1. The summed E-state index contributed by atoms with van der Waals surface area (Å²) >= 11 is 1.36. The number of nitrogens with two attached hydrogens (primary N) is 1. The Morgan fingerprint density at radius 2 is 2.12 bits per heavy atom. The van der Waals surface area contributed by atoms with Crippen LogP contribution >= 0.6 is 11.3 Å². The first-order chi connectivity index (χ1) is 11.5. The van der Waals surface area contributed by atoms with E-state index in [1.54, 1.807) is 0 Å². The number of carbonyl (C=O) groups is 1. The fraction of sp³-hybridized carbons (Fsp3) is 0.529. The lowest BCUT2D eigenvalue weighted by Crippen LogP contribution is -2.56. The van der Waals surface area contributed by atoms with Gasteiger partial charge in [0.25, 0.3) is 5.91 Å². The molecule has 6 nitrogen and oxygen atoms in total. The van der Waals surface area contributed by atoms with Gasteiger partial charge < -0.3 is 20.3 Å². The number of carbonyl (C=O) groups excluding carboxylic acids is 1. The largest absolute Gasteiger partial charge is 0.372 e. The molecule has 2 aromatic rings. The summed E-state index contributed by atoms with van der Waals surface area (Å²) < 4.78 is 6.12. The van der Waals surface area contributed by atoms with Gasteiger partial charge in [-0.25, -0.2) is 4.98 Å². The number of thiophene rings is 1. The molecule has 0 radical (unpaired) electrons. The molecule has 4 rings (SSSR count). The van der Waals surface area contributed by atoms with Gasteiger partial charge in [0, 0.05) is 31.6 Å². The van der Waals surface area contributed by atoms with E-state index in [-0.39, 0.29) is 5.60 Å². The molecule has 0 saturated carbocycles. The Kier molecular flexibility index (Phi) is 3.94. The standard InChI is InChI=1S/C17H22N4O2S/c1-20-8-9-23-17(11-20)4-6-21(7-5-17)14-3-2-12-10-13(15(18)22)24-16(12)19-14/h2-3,10H,4-9,11H2,1H3,(H2,18,22). The molecule has 1 spiro atoms. The molecule has 2 aliphatic rings. The van der Waals surface area contributed by atoms with Gasteiger partial charge in [0.1, 0.15) is 10.6 Å². The molecule has 1 amide bonds. The van der Waals surface area contributed by atoms with Crippen LogP contribution in [0.25, 0.3) is 10.2 Å². The SMILES string of the molecule is CN1CCOC2(CCN(c3ccc4cc(C(N)=O)sc4n3)CC2)C1. The maximum Gasteiger partial charge on any atom is 0.258 e. The van der Waals surface area contributed by atoms with E-state index in [1.807, 2.05) is 18.2 Å². The number of piperidine rings is 1. The Hall–Kier alpha value is -1.70. The van der Waals surface area contributed by atoms with Crippen molar-refractivity contribution in [2.75, 3.05) is 44.7 Å². The molecule has 24 heavy (non-hydrogen) atoms. The second-order valence-corrected chi connectivity index (χ2v) is 7.83. The van der Waals surface area contributed by atoms with Gasteiger partial charge in [0.05, 0.1) is 17.1 Å². The molecule has 2 fully saturated rings. The van der Waals surface area contributed by atoms with Gasteiger partial charge in [-0.3, -0.25) is 4.79 Å². The summed E-state index contributed by atoms with van der Waals surface area (Å²) in [6.45, 7) is 4.75. The maximum absolute atomic E-state index is 11.3. The van der Waals surface area contributed by atoms with E-state index >= 15 is 0 Å². The number of hydrogen-bond donors (Lipinski definition) is 1. The summed E-state index contributed by atoms with van der Waals surface area (Å²) in [5.41, 5.74) is 5.37. The van der Waals surface area contributed by atoms with Crippen LogP contribution in [0.2, 0.25) is 0 Å². The van der Waals surface area contributed by atoms with Crippen LogP contribution in [0.15, 0.2) is 18.2 Å². The number of anilines is 1. The van der Waals surface area contributed by atoms with E-state index in [0.29, 0.717) is 4.88 Å². The van der Waals surface area contributed by atoms with Gasteiger partial charge in [-0.1, -0.05) is 0 Å². The van der Waals surface area contributed by atoms with E-state index in [9.17, 15) is 4.79 Å². The number of fused-ring (bicyclic) bond motifs is 1. The van der Waals surface area contributed by atoms with Gasteiger partial charge in [0.15, 0.2) is 0 Å². The highest BCUT2D eigenvalue weighted by Crippen LogP contribution is 2.32. The Morgan fingerprint density at radius 3 is 2.83 bits per heavy atom. The lowest BCUT2D eigenvalue weighted by atomic mass is 9.89. The lowest BCUT2D eigenvalue weighted by molar-refractivity contribution is -0.115. The van der Waals surface area contributed by atoms with E-state index in [4.69, 9.17) is 15.5 Å². The Balaban J connectivity index is 1.51. The van der Waals surface area contributed by atoms with Crippen molar-refractivity contribution >= 4 is 33.3 Å². The first-order valence-corrected chi connectivity index (χ1v) is 9.14. The van der Waals surface area contributed by atoms with Gasteiger partial charge in [0.2, 0.25) is 0 Å². The van der Waals surface area contributed by atoms with E-state index in [0.717, 1.165) is 61.7 Å². The molecule has 2 aliphatic heterocycles. The van der Waals surface area contributed by atoms with E-state index < -0.39 is 5.91 Å². The van der Waals surface area contributed by atoms with Crippen LogP contribution in [0.3, 0.4) is 0 Å². The molecular formula is C17H22N4O2S. The maximum atomic E-state index is 11.3. The third-order valence-corrected chi connectivity index (χ3v) is 6.11. The second-order valence-electron chi connectivity index (χ2n) is 6.80. The van der Waals surface area contributed by atoms with Gasteiger partial charge in [-0.2, -0.15) is 0 Å². The molecule has 2 N–H and O–H groups in total. The predicted molar refractivity (Wildman–Crippen MR) is 95.8 cm³/mol. The predicted octanol–water partition coefficient (Wildman–Crippen LogP) is 1.70. The molecule has 2 saturated heterocycles. The molecule has 0 aliphatic carbocycles. The average molecular weight is 346 g/mol. The minimum absolute atomic E-state index is 0.00959. The minimum atomic E-state index is -0.391. The Bertz CT molecular complexity index is 767. The van der Waals surface area contributed by atoms with Crippen molar-refractivity contribution in [3.8, 4) is 0 Å². The number of primary amides is 1. The average Bonchev–Trinajstić information content (AvgIpc) is 2.99. The summed E-state index contributed by atoms with van der Waals surface area (Å²) in [6.07, 6.45) is 2.04. The molecule has 0 atom stereocenters. The zero-order chi connectivity index (χ0) is 16.7. The molecule has 0 aromatic carbocycles. The lowest BCUT2D eigenvalue weighted by Gasteiger charge is -2.46. The van der Waals surface area contributed by atoms with Crippen LogP contribution in [-0.2, 0) is 4.74 Å². The van der Waals surface area contributed by atoms with Crippen LogP contribution in [0.4, 0.5) is 5.82 Å². The summed E-state index contributed by atoms with van der Waals surface area (Å²) in [5, 5.41) is 0.975. The second kappa shape index (κ2) is 5.98. The number of amides is 1. The van der Waals surface area contributed by atoms with Crippen LogP contribution in [0, 0.1) is 0 Å². The molecule has 7 heteroatoms. The van der Waals surface area contributed by atoms with Gasteiger partial charge >= 0.3 is 0 Å². The summed E-state index contributed by atoms with van der Waals surface area (Å²) in [6, 6.07) is 5.87. The van der Waals surface area contributed by atoms with Crippen LogP contribution in [0.1, 0.15) is 22.5 Å². The summed E-state index contributed by atoms with van der Waals surface area (Å²) in [4.78, 5) is 22.2. The molecular weight excluding hydrogens is 324 g/mol. The molecule has 2 aromatic heterocycles. The van der Waals surface area contributed by atoms with Crippen LogP contribution in [0.5, 0.6) is 0 Å². The smallest absolute Gasteiger partial charge is 0.258 e. The highest BCUT2D eigenvalue weighted by Gasteiger charge is 2.39. The van der Waals surface area contributed by atoms with E-state index in [1.165, 1.54) is 11.3 Å². The third-order valence-electron chi connectivity index (χ3n) is 5.05. The number of aromatic nitrogens is 1. The van der Waals surface area contributed by atoms with Crippen molar-refractivity contribution < 1.29 is 9.53 Å². The first-order valence-electron chi connectivity index (χ1n) is 8.33. The normalized spacial score (nSPS) is 21.5. The van der Waals surface area contributed by atoms with Gasteiger partial charge in [-0.15, -0.1) is 11.3 Å². The number of hydrogen-bond acceptors (Lipinski definition) is 6. The topological polar surface area (TPSA) is 71.7 Å². The van der Waals surface area contributed by atoms with Gasteiger partial charge in [-0.05, 0) is 38.1 Å². The van der Waals surface area contributed by atoms with Crippen molar-refractivity contribution in [3.05, 3.63) is 23.1 Å². The van der Waals surface area contributed by atoms with Crippen molar-refractivity contribution in [2.24, 2.45) is 5.73 Å². The van der Waals surface area contributed by atoms with E-state index in [2.05, 4.69) is 16.8 Å². The number of ether oxygens (including phenoxy) is 1. The molecule has 4 heterocycles. The number of likely N-dealkylation sites (N-methyl/N-ethyl adjacent to an activating group) is 1. The fourth-order valence-electron chi connectivity index (χ4n) is 3.69.